The molecule has 1 aromatic carbocycles. The van der Waals surface area contributed by atoms with E-state index in [1.807, 2.05) is 0 Å². The maximum Gasteiger partial charge on any atom is 0.0391 e. The maximum absolute atomic E-state index is 5.97. The molecule has 1 aliphatic heterocycles. The quantitative estimate of drug-likeness (QED) is 0.888. The molecule has 1 fully saturated rings. The lowest BCUT2D eigenvalue weighted by atomic mass is 9.91. The Morgan fingerprint density at radius 1 is 1.22 bits per heavy atom. The van der Waals surface area contributed by atoms with E-state index in [-0.39, 0.29) is 0 Å². The van der Waals surface area contributed by atoms with Gasteiger partial charge in [-0.15, -0.1) is 0 Å². The van der Waals surface area contributed by atoms with E-state index >= 15 is 0 Å². The van der Waals surface area contributed by atoms with Gasteiger partial charge in [-0.25, -0.2) is 0 Å². The number of nitrogens with zero attached hydrogens (tertiary/aromatic N) is 1. The maximum atomic E-state index is 5.97. The minimum atomic E-state index is 0.508. The van der Waals surface area contributed by atoms with Gasteiger partial charge in [0.1, 0.15) is 0 Å². The lowest BCUT2D eigenvalue weighted by molar-refractivity contribution is 0.184. The lowest BCUT2D eigenvalue weighted by Crippen LogP contribution is -2.33. The van der Waals surface area contributed by atoms with E-state index < -0.39 is 0 Å². The van der Waals surface area contributed by atoms with E-state index in [1.165, 1.54) is 29.7 Å². The first-order chi connectivity index (χ1) is 8.52. The largest absolute Gasteiger partial charge is 0.330 e. The Bertz CT molecular complexity index is 391. The molecule has 1 aliphatic rings. The Balaban J connectivity index is 2.37. The second-order valence-corrected chi connectivity index (χ2v) is 5.98. The lowest BCUT2D eigenvalue weighted by Gasteiger charge is -2.31. The van der Waals surface area contributed by atoms with E-state index in [9.17, 15) is 0 Å². The van der Waals surface area contributed by atoms with Gasteiger partial charge in [0, 0.05) is 12.1 Å². The summed E-state index contributed by atoms with van der Waals surface area (Å²) in [6, 6.07) is 8.01. The zero-order valence-electron chi connectivity index (χ0n) is 12.1. The van der Waals surface area contributed by atoms with Gasteiger partial charge in [0.2, 0.25) is 0 Å². The molecule has 1 saturated heterocycles. The number of benzene rings is 1. The molecule has 100 valence electrons. The molecular weight excluding hydrogens is 220 g/mol. The third kappa shape index (κ3) is 2.60. The summed E-state index contributed by atoms with van der Waals surface area (Å²) >= 11 is 0. The molecule has 0 aromatic heterocycles. The molecule has 0 saturated carbocycles. The number of rotatable bonds is 3. The number of nitrogens with two attached hydrogens (primary N) is 1. The summed E-state index contributed by atoms with van der Waals surface area (Å²) in [5.41, 5.74) is 10.1. The summed E-state index contributed by atoms with van der Waals surface area (Å²) in [5.74, 6) is 0.605. The Labute approximate surface area is 111 Å². The predicted molar refractivity (Wildman–Crippen MR) is 77.7 cm³/mol. The van der Waals surface area contributed by atoms with Gasteiger partial charge in [0.15, 0.2) is 0 Å². The third-order valence-corrected chi connectivity index (χ3v) is 4.11. The molecule has 0 amide bonds. The van der Waals surface area contributed by atoms with Crippen LogP contribution < -0.4 is 5.73 Å². The highest BCUT2D eigenvalue weighted by Crippen LogP contribution is 2.38. The highest BCUT2D eigenvalue weighted by Gasteiger charge is 2.35. The van der Waals surface area contributed by atoms with Crippen LogP contribution in [0.1, 0.15) is 43.0 Å². The van der Waals surface area contributed by atoms with Crippen LogP contribution in [0.2, 0.25) is 0 Å². The fourth-order valence-corrected chi connectivity index (χ4v) is 3.35. The summed E-state index contributed by atoms with van der Waals surface area (Å²) in [5, 5.41) is 0. The van der Waals surface area contributed by atoms with E-state index in [0.717, 1.165) is 6.54 Å². The molecule has 0 spiro atoms. The van der Waals surface area contributed by atoms with Gasteiger partial charge in [0.05, 0.1) is 0 Å². The van der Waals surface area contributed by atoms with Crippen LogP contribution in [-0.4, -0.2) is 24.0 Å². The zero-order chi connectivity index (χ0) is 13.3. The number of aryl methyl sites for hydroxylation is 2. The Morgan fingerprint density at radius 3 is 2.33 bits per heavy atom. The molecule has 0 aliphatic carbocycles. The van der Waals surface area contributed by atoms with Gasteiger partial charge in [-0.05, 0) is 58.7 Å². The minimum absolute atomic E-state index is 0.508. The normalized spacial score (nSPS) is 25.0. The molecule has 0 radical (unpaired) electrons. The van der Waals surface area contributed by atoms with Crippen LogP contribution in [0.15, 0.2) is 18.2 Å². The molecule has 2 heteroatoms. The van der Waals surface area contributed by atoms with E-state index in [0.29, 0.717) is 18.0 Å². The van der Waals surface area contributed by atoms with Crippen molar-refractivity contribution in [2.45, 2.75) is 46.2 Å². The summed E-state index contributed by atoms with van der Waals surface area (Å²) < 4.78 is 0. The van der Waals surface area contributed by atoms with Crippen LogP contribution in [0.5, 0.6) is 0 Å². The second kappa shape index (κ2) is 5.41. The molecule has 2 atom stereocenters. The topological polar surface area (TPSA) is 29.3 Å². The van der Waals surface area contributed by atoms with Gasteiger partial charge in [-0.3, -0.25) is 4.90 Å². The molecular formula is C16H26N2. The van der Waals surface area contributed by atoms with Crippen molar-refractivity contribution in [3.05, 3.63) is 34.9 Å². The van der Waals surface area contributed by atoms with Gasteiger partial charge in [-0.1, -0.05) is 29.3 Å². The van der Waals surface area contributed by atoms with Crippen LogP contribution in [0.3, 0.4) is 0 Å². The van der Waals surface area contributed by atoms with Crippen molar-refractivity contribution < 1.29 is 0 Å². The first-order valence-corrected chi connectivity index (χ1v) is 7.07. The molecule has 2 nitrogen and oxygen atoms in total. The first kappa shape index (κ1) is 13.6. The number of hydrogen-bond donors (Lipinski definition) is 1. The van der Waals surface area contributed by atoms with E-state index in [4.69, 9.17) is 5.73 Å². The van der Waals surface area contributed by atoms with Crippen molar-refractivity contribution in [2.24, 2.45) is 11.7 Å². The Morgan fingerprint density at radius 2 is 1.83 bits per heavy atom. The van der Waals surface area contributed by atoms with Crippen molar-refractivity contribution in [2.75, 3.05) is 13.1 Å². The smallest absolute Gasteiger partial charge is 0.0391 e. The summed E-state index contributed by atoms with van der Waals surface area (Å²) in [6.07, 6.45) is 1.23. The van der Waals surface area contributed by atoms with Crippen LogP contribution >= 0.6 is 0 Å². The average Bonchev–Trinajstić information content (AvgIpc) is 2.71. The van der Waals surface area contributed by atoms with Gasteiger partial charge in [0.25, 0.3) is 0 Å². The van der Waals surface area contributed by atoms with Crippen molar-refractivity contribution in [3.63, 3.8) is 0 Å². The van der Waals surface area contributed by atoms with Crippen LogP contribution in [-0.2, 0) is 0 Å². The molecule has 18 heavy (non-hydrogen) atoms. The van der Waals surface area contributed by atoms with Crippen molar-refractivity contribution >= 4 is 0 Å². The fraction of sp³-hybridized carbons (Fsp3) is 0.625. The third-order valence-electron chi connectivity index (χ3n) is 4.11. The van der Waals surface area contributed by atoms with Crippen molar-refractivity contribution in [1.82, 2.24) is 4.90 Å². The summed E-state index contributed by atoms with van der Waals surface area (Å²) in [7, 11) is 0. The number of hydrogen-bond acceptors (Lipinski definition) is 2. The van der Waals surface area contributed by atoms with Crippen LogP contribution in [0.25, 0.3) is 0 Å². The highest BCUT2D eigenvalue weighted by atomic mass is 15.2. The monoisotopic (exact) mass is 246 g/mol. The summed E-state index contributed by atoms with van der Waals surface area (Å²) in [6.45, 7) is 10.9. The zero-order valence-corrected chi connectivity index (χ0v) is 12.1. The average molecular weight is 246 g/mol. The summed E-state index contributed by atoms with van der Waals surface area (Å²) in [4.78, 5) is 2.60. The molecule has 2 unspecified atom stereocenters. The first-order valence-electron chi connectivity index (χ1n) is 7.07. The fourth-order valence-electron chi connectivity index (χ4n) is 3.35. The van der Waals surface area contributed by atoms with Gasteiger partial charge in [-0.2, -0.15) is 0 Å². The minimum Gasteiger partial charge on any atom is -0.330 e. The van der Waals surface area contributed by atoms with Gasteiger partial charge >= 0.3 is 0 Å². The highest BCUT2D eigenvalue weighted by molar-refractivity contribution is 5.32. The van der Waals surface area contributed by atoms with E-state index in [2.05, 4.69) is 50.8 Å². The van der Waals surface area contributed by atoms with Crippen LogP contribution in [0.4, 0.5) is 0 Å². The Hall–Kier alpha value is -0.860. The van der Waals surface area contributed by atoms with Crippen molar-refractivity contribution in [1.29, 1.82) is 0 Å². The standard InChI is InChI=1S/C16H26N2/c1-11(2)18-6-5-14(10-17)16(18)15-8-12(3)7-13(4)9-15/h7-9,11,14,16H,5-6,10,17H2,1-4H3. The molecule has 2 N–H and O–H groups in total. The molecule has 1 aromatic rings. The van der Waals surface area contributed by atoms with Gasteiger partial charge < -0.3 is 5.73 Å². The molecule has 1 heterocycles. The van der Waals surface area contributed by atoms with Crippen molar-refractivity contribution in [3.8, 4) is 0 Å². The SMILES string of the molecule is Cc1cc(C)cc(C2C(CN)CCN2C(C)C)c1. The molecule has 0 bridgehead atoms. The number of likely N-dealkylation sites (tertiary alicyclic amines) is 1. The predicted octanol–water partition coefficient (Wildman–Crippen LogP) is 3.03. The second-order valence-electron chi connectivity index (χ2n) is 5.98. The van der Waals surface area contributed by atoms with E-state index in [1.54, 1.807) is 0 Å². The molecule has 2 rings (SSSR count). The Kier molecular flexibility index (Phi) is 4.08. The van der Waals surface area contributed by atoms with Crippen LogP contribution in [0, 0.1) is 19.8 Å².